The highest BCUT2D eigenvalue weighted by Crippen LogP contribution is 1.91. The Morgan fingerprint density at radius 1 is 1.50 bits per heavy atom. The first-order valence-corrected chi connectivity index (χ1v) is 5.26. The Morgan fingerprint density at radius 3 is 2.78 bits per heavy atom. The number of urea groups is 1. The van der Waals surface area contributed by atoms with Crippen LogP contribution in [0.4, 0.5) is 4.79 Å². The molecule has 0 aliphatic rings. The van der Waals surface area contributed by atoms with E-state index >= 15 is 0 Å². The average Bonchev–Trinajstić information content (AvgIpc) is 2.72. The number of aromatic nitrogens is 3. The molecule has 18 heavy (non-hydrogen) atoms. The molecule has 1 atom stereocenters. The van der Waals surface area contributed by atoms with Gasteiger partial charge < -0.3 is 25.4 Å². The van der Waals surface area contributed by atoms with Gasteiger partial charge in [0.2, 0.25) is 0 Å². The summed E-state index contributed by atoms with van der Waals surface area (Å²) in [4.78, 5) is 21.6. The molecule has 1 rings (SSSR count). The quantitative estimate of drug-likeness (QED) is 0.488. The third kappa shape index (κ3) is 4.37. The van der Waals surface area contributed by atoms with Crippen LogP contribution in [0.3, 0.4) is 0 Å². The summed E-state index contributed by atoms with van der Waals surface area (Å²) >= 11 is 0. The van der Waals surface area contributed by atoms with E-state index in [-0.39, 0.29) is 19.5 Å². The summed E-state index contributed by atoms with van der Waals surface area (Å²) in [5.41, 5.74) is 0. The number of aliphatic hydroxyl groups excluding tert-OH is 1. The van der Waals surface area contributed by atoms with Gasteiger partial charge in [-0.05, 0) is 0 Å². The minimum absolute atomic E-state index is 0.0489. The highest BCUT2D eigenvalue weighted by Gasteiger charge is 2.12. The second-order valence-corrected chi connectivity index (χ2v) is 3.61. The van der Waals surface area contributed by atoms with Crippen molar-refractivity contribution in [3.63, 3.8) is 0 Å². The summed E-state index contributed by atoms with van der Waals surface area (Å²) in [5, 5.41) is 29.7. The highest BCUT2D eigenvalue weighted by molar-refractivity contribution is 5.74. The molecule has 0 fully saturated rings. The fourth-order valence-corrected chi connectivity index (χ4v) is 1.13. The number of aryl methyl sites for hydroxylation is 1. The second kappa shape index (κ2) is 6.55. The lowest BCUT2D eigenvalue weighted by Crippen LogP contribution is -2.37. The zero-order valence-electron chi connectivity index (χ0n) is 9.83. The summed E-state index contributed by atoms with van der Waals surface area (Å²) in [6.07, 6.45) is -0.00534. The van der Waals surface area contributed by atoms with Crippen molar-refractivity contribution < 1.29 is 19.8 Å². The van der Waals surface area contributed by atoms with Crippen molar-refractivity contribution in [2.45, 2.75) is 19.1 Å². The van der Waals surface area contributed by atoms with E-state index in [1.165, 1.54) is 6.33 Å². The molecule has 0 bridgehead atoms. The molecular weight excluding hydrogens is 242 g/mol. The number of carboxylic acids is 1. The number of aliphatic carboxylic acids is 1. The van der Waals surface area contributed by atoms with Gasteiger partial charge in [0.05, 0.1) is 6.54 Å². The summed E-state index contributed by atoms with van der Waals surface area (Å²) in [5.74, 6) is -0.716. The predicted molar refractivity (Wildman–Crippen MR) is 59.5 cm³/mol. The number of carbonyl (C=O) groups is 2. The van der Waals surface area contributed by atoms with Crippen LogP contribution in [-0.4, -0.2) is 49.6 Å². The Hall–Kier alpha value is -2.16. The van der Waals surface area contributed by atoms with E-state index < -0.39 is 18.1 Å². The molecular formula is C9H15N5O4. The first-order valence-electron chi connectivity index (χ1n) is 5.26. The number of nitrogens with zero attached hydrogens (tertiary/aromatic N) is 3. The SMILES string of the molecule is Cn1cnnc1CNC(=O)NCCC(O)C(=O)O. The van der Waals surface area contributed by atoms with E-state index in [2.05, 4.69) is 20.8 Å². The standard InChI is InChI=1S/C9H15N5O4/c1-14-5-12-13-7(14)4-11-9(18)10-3-2-6(15)8(16)17/h5-6,15H,2-4H2,1H3,(H,16,17)(H2,10,11,18). The molecule has 100 valence electrons. The fraction of sp³-hybridized carbons (Fsp3) is 0.556. The molecule has 0 saturated heterocycles. The van der Waals surface area contributed by atoms with E-state index in [0.29, 0.717) is 5.82 Å². The normalized spacial score (nSPS) is 11.9. The number of nitrogens with one attached hydrogen (secondary N) is 2. The Balaban J connectivity index is 2.19. The number of amides is 2. The Labute approximate surface area is 103 Å². The first kappa shape index (κ1) is 13.9. The summed E-state index contributed by atoms with van der Waals surface area (Å²) in [6, 6.07) is -0.462. The highest BCUT2D eigenvalue weighted by atomic mass is 16.4. The number of carbonyl (C=O) groups excluding carboxylic acids is 1. The van der Waals surface area contributed by atoms with Crippen LogP contribution in [0.2, 0.25) is 0 Å². The molecule has 0 aromatic carbocycles. The third-order valence-corrected chi connectivity index (χ3v) is 2.20. The number of carboxylic acid groups (broad SMARTS) is 1. The Kier molecular flexibility index (Phi) is 5.06. The number of hydrogen-bond acceptors (Lipinski definition) is 5. The smallest absolute Gasteiger partial charge is 0.332 e. The van der Waals surface area contributed by atoms with Crippen LogP contribution in [0.25, 0.3) is 0 Å². The van der Waals surface area contributed by atoms with Crippen molar-refractivity contribution in [2.75, 3.05) is 6.54 Å². The monoisotopic (exact) mass is 257 g/mol. The molecule has 1 unspecified atom stereocenters. The lowest BCUT2D eigenvalue weighted by molar-refractivity contribution is -0.146. The largest absolute Gasteiger partial charge is 0.479 e. The zero-order chi connectivity index (χ0) is 13.5. The molecule has 9 nitrogen and oxygen atoms in total. The minimum atomic E-state index is -1.47. The number of aliphatic hydroxyl groups is 1. The van der Waals surface area contributed by atoms with Crippen molar-refractivity contribution in [1.29, 1.82) is 0 Å². The molecule has 1 aromatic rings. The molecule has 4 N–H and O–H groups in total. The van der Waals surface area contributed by atoms with Crippen molar-refractivity contribution in [3.8, 4) is 0 Å². The van der Waals surface area contributed by atoms with Gasteiger partial charge in [-0.2, -0.15) is 0 Å². The predicted octanol–water partition coefficient (Wildman–Crippen LogP) is -1.55. The van der Waals surface area contributed by atoms with Gasteiger partial charge >= 0.3 is 12.0 Å². The van der Waals surface area contributed by atoms with Gasteiger partial charge in [-0.1, -0.05) is 0 Å². The molecule has 0 aliphatic heterocycles. The molecule has 1 aromatic heterocycles. The Bertz CT molecular complexity index is 419. The molecule has 0 radical (unpaired) electrons. The van der Waals surface area contributed by atoms with Crippen molar-refractivity contribution in [2.24, 2.45) is 7.05 Å². The van der Waals surface area contributed by atoms with Gasteiger partial charge in [-0.3, -0.25) is 0 Å². The maximum atomic E-state index is 11.3. The molecule has 0 aliphatic carbocycles. The average molecular weight is 257 g/mol. The van der Waals surface area contributed by atoms with Crippen molar-refractivity contribution in [1.82, 2.24) is 25.4 Å². The summed E-state index contributed by atoms with van der Waals surface area (Å²) < 4.78 is 1.66. The minimum Gasteiger partial charge on any atom is -0.479 e. The van der Waals surface area contributed by atoms with Gasteiger partial charge in [0.25, 0.3) is 0 Å². The van der Waals surface area contributed by atoms with Gasteiger partial charge in [-0.25, -0.2) is 9.59 Å². The van der Waals surface area contributed by atoms with Gasteiger partial charge in [0.15, 0.2) is 11.9 Å². The number of rotatable bonds is 6. The van der Waals surface area contributed by atoms with Gasteiger partial charge in [0, 0.05) is 20.0 Å². The van der Waals surface area contributed by atoms with Gasteiger partial charge in [0.1, 0.15) is 6.33 Å². The van der Waals surface area contributed by atoms with Crippen molar-refractivity contribution in [3.05, 3.63) is 12.2 Å². The summed E-state index contributed by atoms with van der Waals surface area (Å²) in [6.45, 7) is 0.280. The maximum Gasteiger partial charge on any atom is 0.332 e. The molecule has 2 amide bonds. The van der Waals surface area contributed by atoms with E-state index in [9.17, 15) is 9.59 Å². The van der Waals surface area contributed by atoms with Crippen LogP contribution in [0, 0.1) is 0 Å². The maximum absolute atomic E-state index is 11.3. The molecule has 9 heteroatoms. The molecule has 0 spiro atoms. The van der Waals surface area contributed by atoms with E-state index in [0.717, 1.165) is 0 Å². The van der Waals surface area contributed by atoms with Crippen molar-refractivity contribution >= 4 is 12.0 Å². The van der Waals surface area contributed by atoms with E-state index in [1.807, 2.05) is 0 Å². The third-order valence-electron chi connectivity index (χ3n) is 2.20. The van der Waals surface area contributed by atoms with E-state index in [1.54, 1.807) is 11.6 Å². The van der Waals surface area contributed by atoms with Gasteiger partial charge in [-0.15, -0.1) is 10.2 Å². The fourth-order valence-electron chi connectivity index (χ4n) is 1.13. The van der Waals surface area contributed by atoms with E-state index in [4.69, 9.17) is 10.2 Å². The summed E-state index contributed by atoms with van der Waals surface area (Å²) in [7, 11) is 1.75. The Morgan fingerprint density at radius 2 is 2.22 bits per heavy atom. The zero-order valence-corrected chi connectivity index (χ0v) is 9.83. The van der Waals surface area contributed by atoms with Crippen LogP contribution >= 0.6 is 0 Å². The first-order chi connectivity index (χ1) is 8.50. The van der Waals surface area contributed by atoms with Crippen LogP contribution in [0.5, 0.6) is 0 Å². The molecule has 1 heterocycles. The number of hydrogen-bond donors (Lipinski definition) is 4. The van der Waals surface area contributed by atoms with Crippen LogP contribution in [-0.2, 0) is 18.4 Å². The molecule has 0 saturated carbocycles. The lowest BCUT2D eigenvalue weighted by atomic mass is 10.2. The van der Waals surface area contributed by atoms with Crippen LogP contribution in [0.1, 0.15) is 12.2 Å². The lowest BCUT2D eigenvalue weighted by Gasteiger charge is -2.08. The van der Waals surface area contributed by atoms with Crippen LogP contribution in [0.15, 0.2) is 6.33 Å². The second-order valence-electron chi connectivity index (χ2n) is 3.61. The topological polar surface area (TPSA) is 129 Å². The van der Waals surface area contributed by atoms with Crippen LogP contribution < -0.4 is 10.6 Å².